The van der Waals surface area contributed by atoms with Crippen molar-refractivity contribution in [3.05, 3.63) is 77.9 Å². The summed E-state index contributed by atoms with van der Waals surface area (Å²) in [6.45, 7) is 6.11. The van der Waals surface area contributed by atoms with Crippen LogP contribution in [0.5, 0.6) is 17.2 Å². The predicted molar refractivity (Wildman–Crippen MR) is 141 cm³/mol. The van der Waals surface area contributed by atoms with Gasteiger partial charge in [0.2, 0.25) is 0 Å². The van der Waals surface area contributed by atoms with Crippen molar-refractivity contribution in [1.29, 1.82) is 0 Å². The van der Waals surface area contributed by atoms with Gasteiger partial charge < -0.3 is 14.9 Å². The van der Waals surface area contributed by atoms with E-state index < -0.39 is 0 Å². The van der Waals surface area contributed by atoms with E-state index in [4.69, 9.17) is 4.74 Å². The number of likely N-dealkylation sites (tertiary alicyclic amines) is 1. The Labute approximate surface area is 209 Å². The number of phenolic OH excluding ortho intramolecular Hbond substituents is 2. The molecule has 1 fully saturated rings. The number of hydrogen-bond acceptors (Lipinski definition) is 6. The Hall–Kier alpha value is -3.35. The second-order valence-electron chi connectivity index (χ2n) is 9.28. The molecule has 2 heterocycles. The third-order valence-corrected chi connectivity index (χ3v) is 7.77. The first-order chi connectivity index (χ1) is 17.0. The van der Waals surface area contributed by atoms with E-state index in [-0.39, 0.29) is 17.3 Å². The molecule has 1 saturated heterocycles. The van der Waals surface area contributed by atoms with Gasteiger partial charge >= 0.3 is 0 Å². The molecule has 1 atom stereocenters. The van der Waals surface area contributed by atoms with E-state index >= 15 is 0 Å². The van der Waals surface area contributed by atoms with Crippen LogP contribution >= 0.6 is 11.3 Å². The highest BCUT2D eigenvalue weighted by Gasteiger charge is 2.22. The number of hydrogen-bond donors (Lipinski definition) is 2. The van der Waals surface area contributed by atoms with Crippen LogP contribution in [0.4, 0.5) is 0 Å². The molecule has 180 valence electrons. The van der Waals surface area contributed by atoms with Gasteiger partial charge in [-0.1, -0.05) is 6.92 Å². The van der Waals surface area contributed by atoms with Gasteiger partial charge in [-0.15, -0.1) is 11.3 Å². The number of ketones is 1. The van der Waals surface area contributed by atoms with Gasteiger partial charge in [0, 0.05) is 39.2 Å². The van der Waals surface area contributed by atoms with Crippen molar-refractivity contribution in [2.75, 3.05) is 26.2 Å². The van der Waals surface area contributed by atoms with E-state index in [2.05, 4.69) is 11.8 Å². The fraction of sp³-hybridized carbons (Fsp3) is 0.276. The molecule has 1 unspecified atom stereocenters. The summed E-state index contributed by atoms with van der Waals surface area (Å²) in [5, 5.41) is 20.5. The molecular weight excluding hydrogens is 458 g/mol. The number of piperidine rings is 1. The number of benzene rings is 3. The Kier molecular flexibility index (Phi) is 6.75. The first kappa shape index (κ1) is 23.4. The number of nitrogens with zero attached hydrogens (tertiary/aromatic N) is 1. The zero-order valence-electron chi connectivity index (χ0n) is 19.7. The number of rotatable bonds is 7. The predicted octanol–water partition coefficient (Wildman–Crippen LogP) is 6.32. The summed E-state index contributed by atoms with van der Waals surface area (Å²) < 4.78 is 6.79. The van der Waals surface area contributed by atoms with Crippen LogP contribution in [0, 0.1) is 5.92 Å². The molecule has 1 aliphatic heterocycles. The third-order valence-electron chi connectivity index (χ3n) is 6.56. The molecule has 3 aromatic carbocycles. The second-order valence-corrected chi connectivity index (χ2v) is 10.3. The summed E-state index contributed by atoms with van der Waals surface area (Å²) in [4.78, 5) is 16.9. The molecular formula is C29H29NO4S. The summed E-state index contributed by atoms with van der Waals surface area (Å²) in [7, 11) is 0. The highest BCUT2D eigenvalue weighted by atomic mass is 32.1. The van der Waals surface area contributed by atoms with Crippen LogP contribution in [0.15, 0.2) is 66.7 Å². The van der Waals surface area contributed by atoms with Crippen molar-refractivity contribution in [3.8, 4) is 27.7 Å². The highest BCUT2D eigenvalue weighted by Crippen LogP contribution is 2.41. The van der Waals surface area contributed by atoms with Gasteiger partial charge in [-0.25, -0.2) is 0 Å². The van der Waals surface area contributed by atoms with Crippen molar-refractivity contribution in [2.24, 2.45) is 5.92 Å². The lowest BCUT2D eigenvalue weighted by atomic mass is 9.97. The average molecular weight is 488 g/mol. The Morgan fingerprint density at radius 1 is 1.03 bits per heavy atom. The number of carbonyl (C=O) groups excluding carboxylic acids is 1. The molecule has 0 saturated carbocycles. The number of thiophene rings is 1. The topological polar surface area (TPSA) is 70.0 Å². The quantitative estimate of drug-likeness (QED) is 0.299. The molecule has 0 radical (unpaired) electrons. The second kappa shape index (κ2) is 10.1. The highest BCUT2D eigenvalue weighted by molar-refractivity contribution is 7.22. The summed E-state index contributed by atoms with van der Waals surface area (Å²) >= 11 is 1.46. The van der Waals surface area contributed by atoms with Crippen LogP contribution in [-0.2, 0) is 0 Å². The minimum atomic E-state index is -0.0844. The number of carbonyl (C=O) groups is 1. The molecule has 1 aliphatic rings. The summed E-state index contributed by atoms with van der Waals surface area (Å²) in [5.74, 6) is 1.75. The zero-order valence-corrected chi connectivity index (χ0v) is 20.6. The summed E-state index contributed by atoms with van der Waals surface area (Å²) in [6.07, 6.45) is 2.56. The first-order valence-electron chi connectivity index (χ1n) is 12.0. The molecule has 1 aromatic heterocycles. The molecule has 2 N–H and O–H groups in total. The van der Waals surface area contributed by atoms with Gasteiger partial charge in [-0.3, -0.25) is 9.69 Å². The lowest BCUT2D eigenvalue weighted by molar-refractivity contribution is 0.104. The monoisotopic (exact) mass is 487 g/mol. The number of phenols is 2. The van der Waals surface area contributed by atoms with E-state index in [0.29, 0.717) is 17.7 Å². The van der Waals surface area contributed by atoms with E-state index in [1.54, 1.807) is 42.5 Å². The lowest BCUT2D eigenvalue weighted by Crippen LogP contribution is -2.37. The van der Waals surface area contributed by atoms with E-state index in [0.717, 1.165) is 51.8 Å². The van der Waals surface area contributed by atoms with Crippen molar-refractivity contribution in [2.45, 2.75) is 19.8 Å². The number of fused-ring (bicyclic) bond motifs is 1. The minimum absolute atomic E-state index is 0.0844. The normalized spacial score (nSPS) is 16.4. The largest absolute Gasteiger partial charge is 0.508 e. The van der Waals surface area contributed by atoms with Crippen LogP contribution in [0.1, 0.15) is 35.7 Å². The molecule has 35 heavy (non-hydrogen) atoms. The Bertz CT molecular complexity index is 1330. The van der Waals surface area contributed by atoms with Gasteiger partial charge in [0.15, 0.2) is 5.78 Å². The summed E-state index contributed by atoms with van der Waals surface area (Å²) in [5.41, 5.74) is 2.03. The molecule has 0 amide bonds. The van der Waals surface area contributed by atoms with E-state index in [1.165, 1.54) is 24.2 Å². The molecule has 0 spiro atoms. The van der Waals surface area contributed by atoms with Crippen LogP contribution < -0.4 is 4.74 Å². The van der Waals surface area contributed by atoms with Gasteiger partial charge in [-0.2, -0.15) is 0 Å². The maximum atomic E-state index is 13.7. The van der Waals surface area contributed by atoms with Crippen molar-refractivity contribution in [1.82, 2.24) is 4.90 Å². The number of ether oxygens (including phenoxy) is 1. The van der Waals surface area contributed by atoms with Crippen LogP contribution in [-0.4, -0.2) is 47.1 Å². The standard InChI is InChI=1S/C29H29NO4S/c1-19-3-2-14-30(18-19)15-16-34-24-11-6-20(7-12-24)28(33)27-25-13-10-23(32)17-26(25)35-29(27)21-4-8-22(31)9-5-21/h4-13,17,19,31-32H,2-3,14-16,18H2,1H3. The molecule has 5 rings (SSSR count). The van der Waals surface area contributed by atoms with Crippen LogP contribution in [0.25, 0.3) is 20.5 Å². The van der Waals surface area contributed by atoms with Crippen LogP contribution in [0.3, 0.4) is 0 Å². The number of aromatic hydroxyl groups is 2. The smallest absolute Gasteiger partial charge is 0.195 e. The Morgan fingerprint density at radius 2 is 1.77 bits per heavy atom. The molecule has 5 nitrogen and oxygen atoms in total. The lowest BCUT2D eigenvalue weighted by Gasteiger charge is -2.30. The molecule has 4 aromatic rings. The first-order valence-corrected chi connectivity index (χ1v) is 12.8. The van der Waals surface area contributed by atoms with Gasteiger partial charge in [0.25, 0.3) is 0 Å². The maximum Gasteiger partial charge on any atom is 0.195 e. The SMILES string of the molecule is CC1CCCN(CCOc2ccc(C(=O)c3c(-c4ccc(O)cc4)sc4cc(O)ccc34)cc2)C1. The van der Waals surface area contributed by atoms with Crippen molar-refractivity contribution in [3.63, 3.8) is 0 Å². The molecule has 0 bridgehead atoms. The van der Waals surface area contributed by atoms with Crippen molar-refractivity contribution < 1.29 is 19.7 Å². The van der Waals surface area contributed by atoms with Gasteiger partial charge in [0.05, 0.1) is 0 Å². The fourth-order valence-electron chi connectivity index (χ4n) is 4.76. The van der Waals surface area contributed by atoms with Gasteiger partial charge in [0.1, 0.15) is 23.9 Å². The maximum absolute atomic E-state index is 13.7. The van der Waals surface area contributed by atoms with Crippen LogP contribution in [0.2, 0.25) is 0 Å². The minimum Gasteiger partial charge on any atom is -0.508 e. The van der Waals surface area contributed by atoms with E-state index in [9.17, 15) is 15.0 Å². The zero-order chi connectivity index (χ0) is 24.4. The summed E-state index contributed by atoms with van der Waals surface area (Å²) in [6, 6.07) is 19.2. The van der Waals surface area contributed by atoms with E-state index in [1.807, 2.05) is 24.3 Å². The Balaban J connectivity index is 1.37. The fourth-order valence-corrected chi connectivity index (χ4v) is 5.99. The Morgan fingerprint density at radius 3 is 2.51 bits per heavy atom. The van der Waals surface area contributed by atoms with Gasteiger partial charge in [-0.05, 0) is 97.6 Å². The molecule has 0 aliphatic carbocycles. The average Bonchev–Trinajstić information content (AvgIpc) is 3.23. The van der Waals surface area contributed by atoms with Crippen molar-refractivity contribution >= 4 is 27.2 Å². The third kappa shape index (κ3) is 5.19. The molecule has 6 heteroatoms.